The molecule has 0 aliphatic heterocycles. The Labute approximate surface area is 121 Å². The Morgan fingerprint density at radius 3 is 2.55 bits per heavy atom. The summed E-state index contributed by atoms with van der Waals surface area (Å²) in [6, 6.07) is 11.5. The first kappa shape index (κ1) is 14.5. The first-order chi connectivity index (χ1) is 9.60. The molecule has 0 heterocycles. The number of benzene rings is 2. The van der Waals surface area contributed by atoms with E-state index in [9.17, 15) is 9.18 Å². The highest BCUT2D eigenvalue weighted by Crippen LogP contribution is 2.19. The van der Waals surface area contributed by atoms with E-state index in [1.807, 2.05) is 24.3 Å². The number of carbonyl (C=O) groups excluding carboxylic acids is 1. The lowest BCUT2D eigenvalue weighted by molar-refractivity contribution is -0.115. The molecule has 0 radical (unpaired) electrons. The number of hydrogen-bond donors (Lipinski definition) is 2. The summed E-state index contributed by atoms with van der Waals surface area (Å²) in [5.74, 6) is -0.716. The van der Waals surface area contributed by atoms with Crippen LogP contribution in [0.3, 0.4) is 0 Å². The largest absolute Gasteiger partial charge is 0.326 e. The number of hydrogen-bond acceptors (Lipinski definition) is 2. The minimum absolute atomic E-state index is 0.0230. The second-order valence-corrected chi connectivity index (χ2v) is 4.73. The van der Waals surface area contributed by atoms with Crippen molar-refractivity contribution in [2.24, 2.45) is 5.73 Å². The van der Waals surface area contributed by atoms with Crippen LogP contribution in [-0.2, 0) is 17.8 Å². The zero-order chi connectivity index (χ0) is 14.5. The number of nitrogens with two attached hydrogens (primary N) is 1. The monoisotopic (exact) mass is 292 g/mol. The molecule has 0 fully saturated rings. The molecule has 0 saturated carbocycles. The summed E-state index contributed by atoms with van der Waals surface area (Å²) in [7, 11) is 0. The van der Waals surface area contributed by atoms with E-state index in [4.69, 9.17) is 17.3 Å². The normalized spacial score (nSPS) is 10.3. The number of halogens is 2. The lowest BCUT2D eigenvalue weighted by Gasteiger charge is -2.09. The van der Waals surface area contributed by atoms with Gasteiger partial charge >= 0.3 is 0 Å². The van der Waals surface area contributed by atoms with Gasteiger partial charge in [-0.25, -0.2) is 4.39 Å². The quantitative estimate of drug-likeness (QED) is 0.910. The molecule has 20 heavy (non-hydrogen) atoms. The van der Waals surface area contributed by atoms with Crippen LogP contribution in [-0.4, -0.2) is 5.91 Å². The van der Waals surface area contributed by atoms with Crippen LogP contribution >= 0.6 is 11.6 Å². The zero-order valence-corrected chi connectivity index (χ0v) is 11.5. The second kappa shape index (κ2) is 6.50. The van der Waals surface area contributed by atoms with Gasteiger partial charge in [-0.1, -0.05) is 35.9 Å². The lowest BCUT2D eigenvalue weighted by atomic mass is 10.0. The van der Waals surface area contributed by atoms with Gasteiger partial charge in [0.15, 0.2) is 0 Å². The Kier molecular flexibility index (Phi) is 4.71. The van der Waals surface area contributed by atoms with Gasteiger partial charge < -0.3 is 11.1 Å². The summed E-state index contributed by atoms with van der Waals surface area (Å²) in [4.78, 5) is 12.0. The van der Waals surface area contributed by atoms with Crippen LogP contribution in [0.25, 0.3) is 0 Å². The van der Waals surface area contributed by atoms with Crippen molar-refractivity contribution >= 4 is 23.2 Å². The third kappa shape index (κ3) is 3.56. The van der Waals surface area contributed by atoms with Gasteiger partial charge in [0.25, 0.3) is 0 Å². The smallest absolute Gasteiger partial charge is 0.228 e. The fourth-order valence-electron chi connectivity index (χ4n) is 1.88. The minimum Gasteiger partial charge on any atom is -0.326 e. The molecular formula is C15H14ClFN2O. The van der Waals surface area contributed by atoms with Crippen molar-refractivity contribution in [3.05, 3.63) is 64.4 Å². The Morgan fingerprint density at radius 1 is 1.20 bits per heavy atom. The van der Waals surface area contributed by atoms with Gasteiger partial charge in [0.1, 0.15) is 5.82 Å². The van der Waals surface area contributed by atoms with Crippen molar-refractivity contribution in [2.75, 3.05) is 5.32 Å². The number of anilines is 1. The van der Waals surface area contributed by atoms with Crippen molar-refractivity contribution in [1.29, 1.82) is 0 Å². The average molecular weight is 293 g/mol. The maximum atomic E-state index is 13.0. The van der Waals surface area contributed by atoms with Crippen LogP contribution in [0.1, 0.15) is 11.1 Å². The van der Waals surface area contributed by atoms with E-state index in [1.165, 1.54) is 18.2 Å². The van der Waals surface area contributed by atoms with Crippen molar-refractivity contribution in [2.45, 2.75) is 13.0 Å². The number of rotatable bonds is 4. The zero-order valence-electron chi connectivity index (χ0n) is 10.7. The van der Waals surface area contributed by atoms with Crippen LogP contribution in [0.15, 0.2) is 42.5 Å². The molecule has 2 aromatic carbocycles. The van der Waals surface area contributed by atoms with Gasteiger partial charge in [-0.2, -0.15) is 0 Å². The fourth-order valence-corrected chi connectivity index (χ4v) is 2.06. The van der Waals surface area contributed by atoms with Gasteiger partial charge in [0, 0.05) is 12.2 Å². The Balaban J connectivity index is 2.07. The summed E-state index contributed by atoms with van der Waals surface area (Å²) in [6.07, 6.45) is 0.211. The predicted octanol–water partition coefficient (Wildman–Crippen LogP) is 3.12. The molecule has 3 nitrogen and oxygen atoms in total. The van der Waals surface area contributed by atoms with E-state index in [0.717, 1.165) is 11.1 Å². The molecule has 1 amide bonds. The van der Waals surface area contributed by atoms with Crippen LogP contribution in [0.4, 0.5) is 10.1 Å². The van der Waals surface area contributed by atoms with Crippen LogP contribution in [0.5, 0.6) is 0 Å². The van der Waals surface area contributed by atoms with Crippen molar-refractivity contribution in [1.82, 2.24) is 0 Å². The lowest BCUT2D eigenvalue weighted by Crippen LogP contribution is -2.16. The highest BCUT2D eigenvalue weighted by atomic mass is 35.5. The van der Waals surface area contributed by atoms with Crippen LogP contribution in [0, 0.1) is 5.82 Å². The summed E-state index contributed by atoms with van der Waals surface area (Å²) < 4.78 is 13.0. The van der Waals surface area contributed by atoms with Crippen molar-refractivity contribution in [3.63, 3.8) is 0 Å². The van der Waals surface area contributed by atoms with Crippen molar-refractivity contribution < 1.29 is 9.18 Å². The molecule has 0 atom stereocenters. The van der Waals surface area contributed by atoms with Gasteiger partial charge in [-0.3, -0.25) is 4.79 Å². The predicted molar refractivity (Wildman–Crippen MR) is 78.1 cm³/mol. The van der Waals surface area contributed by atoms with E-state index in [-0.39, 0.29) is 17.4 Å². The molecule has 0 aliphatic carbocycles. The van der Waals surface area contributed by atoms with E-state index in [0.29, 0.717) is 12.2 Å². The molecule has 0 spiro atoms. The molecule has 0 unspecified atom stereocenters. The Hall–Kier alpha value is -1.91. The number of nitrogens with one attached hydrogen (secondary N) is 1. The molecule has 3 N–H and O–H groups in total. The summed E-state index contributed by atoms with van der Waals surface area (Å²) in [5.41, 5.74) is 7.90. The molecule has 0 aliphatic rings. The van der Waals surface area contributed by atoms with Gasteiger partial charge in [-0.05, 0) is 29.3 Å². The Morgan fingerprint density at radius 2 is 1.90 bits per heavy atom. The molecule has 2 rings (SSSR count). The fraction of sp³-hybridized carbons (Fsp3) is 0.133. The summed E-state index contributed by atoms with van der Waals surface area (Å²) in [5, 5.41) is 2.66. The van der Waals surface area contributed by atoms with Gasteiger partial charge in [-0.15, -0.1) is 0 Å². The van der Waals surface area contributed by atoms with E-state index in [1.54, 1.807) is 0 Å². The Bertz CT molecular complexity index is 631. The highest BCUT2D eigenvalue weighted by molar-refractivity contribution is 6.31. The molecule has 0 bridgehead atoms. The molecule has 104 valence electrons. The maximum Gasteiger partial charge on any atom is 0.228 e. The highest BCUT2D eigenvalue weighted by Gasteiger charge is 2.08. The summed E-state index contributed by atoms with van der Waals surface area (Å²) in [6.45, 7) is 0.381. The third-order valence-corrected chi connectivity index (χ3v) is 3.18. The number of amides is 1. The van der Waals surface area contributed by atoms with Gasteiger partial charge in [0.2, 0.25) is 5.91 Å². The SMILES string of the molecule is NCc1ccccc1CC(=O)Nc1ccc(F)c(Cl)c1. The molecule has 5 heteroatoms. The van der Waals surface area contributed by atoms with Crippen LogP contribution in [0.2, 0.25) is 5.02 Å². The topological polar surface area (TPSA) is 55.1 Å². The maximum absolute atomic E-state index is 13.0. The van der Waals surface area contributed by atoms with E-state index in [2.05, 4.69) is 5.32 Å². The van der Waals surface area contributed by atoms with Crippen molar-refractivity contribution in [3.8, 4) is 0 Å². The average Bonchev–Trinajstić information content (AvgIpc) is 2.43. The first-order valence-corrected chi connectivity index (χ1v) is 6.49. The number of carbonyl (C=O) groups is 1. The third-order valence-electron chi connectivity index (χ3n) is 2.89. The first-order valence-electron chi connectivity index (χ1n) is 6.12. The molecule has 0 saturated heterocycles. The standard InChI is InChI=1S/C15H14ClFN2O/c16-13-8-12(5-6-14(13)17)19-15(20)7-10-3-1-2-4-11(10)9-18/h1-6,8H,7,9,18H2,(H,19,20). The van der Waals surface area contributed by atoms with E-state index >= 15 is 0 Å². The molecular weight excluding hydrogens is 279 g/mol. The molecule has 0 aromatic heterocycles. The second-order valence-electron chi connectivity index (χ2n) is 4.33. The summed E-state index contributed by atoms with van der Waals surface area (Å²) >= 11 is 5.66. The van der Waals surface area contributed by atoms with Crippen LogP contribution < -0.4 is 11.1 Å². The molecule has 2 aromatic rings. The van der Waals surface area contributed by atoms with E-state index < -0.39 is 5.82 Å². The minimum atomic E-state index is -0.516. The van der Waals surface area contributed by atoms with Gasteiger partial charge in [0.05, 0.1) is 11.4 Å².